The smallest absolute Gasteiger partial charge is 0.224 e. The van der Waals surface area contributed by atoms with Gasteiger partial charge in [-0.05, 0) is 55.1 Å². The zero-order chi connectivity index (χ0) is 27.7. The fourth-order valence-electron chi connectivity index (χ4n) is 5.71. The molecule has 2 heterocycles. The molecule has 1 aliphatic heterocycles. The summed E-state index contributed by atoms with van der Waals surface area (Å²) in [5.41, 5.74) is 6.77. The predicted octanol–water partition coefficient (Wildman–Crippen LogP) is 5.31. The number of likely N-dealkylation sites (tertiary alicyclic amines) is 1. The fraction of sp³-hybridized carbons (Fsp3) is 0.324. The Bertz CT molecular complexity index is 1440. The lowest BCUT2D eigenvalue weighted by Gasteiger charge is -2.35. The van der Waals surface area contributed by atoms with Crippen LogP contribution in [0, 0.1) is 24.2 Å². The average Bonchev–Trinajstić information content (AvgIpc) is 3.43. The van der Waals surface area contributed by atoms with E-state index in [-0.39, 0.29) is 17.7 Å². The first-order chi connectivity index (χ1) is 19.6. The largest absolute Gasteiger partial charge is 0.355 e. The second-order valence-electron chi connectivity index (χ2n) is 10.8. The maximum Gasteiger partial charge on any atom is 0.224 e. The minimum Gasteiger partial charge on any atom is -0.355 e. The minimum absolute atomic E-state index is 0.00578. The molecule has 40 heavy (non-hydrogen) atoms. The van der Waals surface area contributed by atoms with Gasteiger partial charge >= 0.3 is 0 Å². The van der Waals surface area contributed by atoms with E-state index < -0.39 is 0 Å². The van der Waals surface area contributed by atoms with Crippen LogP contribution in [-0.2, 0) is 17.8 Å². The molecule has 1 saturated heterocycles. The molecule has 6 nitrogen and oxygen atoms in total. The van der Waals surface area contributed by atoms with Gasteiger partial charge in [0.1, 0.15) is 0 Å². The van der Waals surface area contributed by atoms with Crippen molar-refractivity contribution in [2.75, 3.05) is 26.2 Å². The van der Waals surface area contributed by atoms with Crippen molar-refractivity contribution in [3.05, 3.63) is 125 Å². The zero-order valence-electron chi connectivity index (χ0n) is 23.2. The maximum absolute atomic E-state index is 13.2. The second kappa shape index (κ2) is 13.2. The maximum atomic E-state index is 13.2. The number of carbonyl (C=O) groups is 1. The molecule has 6 heteroatoms. The minimum atomic E-state index is 0.00578. The number of nitrogens with zero attached hydrogens (tertiary/aromatic N) is 4. The van der Waals surface area contributed by atoms with E-state index in [0.29, 0.717) is 18.7 Å². The number of benzene rings is 3. The molecule has 2 atom stereocenters. The quantitative estimate of drug-likeness (QED) is 0.301. The van der Waals surface area contributed by atoms with E-state index in [4.69, 9.17) is 5.26 Å². The van der Waals surface area contributed by atoms with E-state index in [0.717, 1.165) is 50.2 Å². The van der Waals surface area contributed by atoms with Crippen LogP contribution in [0.2, 0.25) is 0 Å². The second-order valence-corrected chi connectivity index (χ2v) is 10.8. The van der Waals surface area contributed by atoms with Crippen LogP contribution in [0.4, 0.5) is 0 Å². The number of nitrogens with one attached hydrogen (secondary N) is 1. The Kier molecular flexibility index (Phi) is 9.05. The van der Waals surface area contributed by atoms with Crippen LogP contribution < -0.4 is 5.32 Å². The molecule has 1 unspecified atom stereocenters. The summed E-state index contributed by atoms with van der Waals surface area (Å²) in [5.74, 6) is 0.431. The van der Waals surface area contributed by atoms with Crippen molar-refractivity contribution in [1.29, 1.82) is 5.26 Å². The molecule has 0 radical (unpaired) electrons. The Morgan fingerprint density at radius 2 is 1.88 bits per heavy atom. The molecule has 3 aromatic carbocycles. The highest BCUT2D eigenvalue weighted by atomic mass is 16.1. The van der Waals surface area contributed by atoms with Crippen molar-refractivity contribution >= 4 is 5.91 Å². The molecular weight excluding hydrogens is 494 g/mol. The van der Waals surface area contributed by atoms with Gasteiger partial charge < -0.3 is 14.8 Å². The third-order valence-corrected chi connectivity index (χ3v) is 7.88. The molecule has 204 valence electrons. The van der Waals surface area contributed by atoms with E-state index in [9.17, 15) is 4.79 Å². The topological polar surface area (TPSA) is 74.0 Å². The van der Waals surface area contributed by atoms with Crippen molar-refractivity contribution in [2.45, 2.75) is 38.6 Å². The SMILES string of the molecule is Cc1cccc(C(CN2CCC[C@H](C(=O)NCCc3cncn3Cc3ccc(C#N)cc3)C2)c2ccccc2)c1. The first-order valence-corrected chi connectivity index (χ1v) is 14.2. The van der Waals surface area contributed by atoms with Gasteiger partial charge in [-0.2, -0.15) is 5.26 Å². The van der Waals surface area contributed by atoms with Crippen molar-refractivity contribution in [2.24, 2.45) is 5.92 Å². The summed E-state index contributed by atoms with van der Waals surface area (Å²) in [6.07, 6.45) is 6.38. The van der Waals surface area contributed by atoms with Crippen molar-refractivity contribution in [1.82, 2.24) is 19.8 Å². The summed E-state index contributed by atoms with van der Waals surface area (Å²) in [4.78, 5) is 20.0. The summed E-state index contributed by atoms with van der Waals surface area (Å²) in [6.45, 7) is 6.14. The van der Waals surface area contributed by atoms with E-state index in [1.54, 1.807) is 0 Å². The van der Waals surface area contributed by atoms with E-state index >= 15 is 0 Å². The predicted molar refractivity (Wildman–Crippen MR) is 158 cm³/mol. The number of amides is 1. The standard InChI is InChI=1S/C34H37N5O/c1-26-7-5-10-30(19-26)33(29-8-3-2-4-9-29)24-38-18-6-11-31(23-38)34(40)37-17-16-32-21-36-25-39(32)22-28-14-12-27(20-35)13-15-28/h2-5,7-10,12-15,19,21,25,31,33H,6,11,16-18,22-24H2,1H3,(H,37,40)/t31-,33?/m0/s1. The third kappa shape index (κ3) is 7.05. The van der Waals surface area contributed by atoms with Crippen LogP contribution in [0.15, 0.2) is 91.4 Å². The Labute approximate surface area is 237 Å². The highest BCUT2D eigenvalue weighted by Crippen LogP contribution is 2.28. The van der Waals surface area contributed by atoms with Gasteiger partial charge in [0, 0.05) is 50.4 Å². The lowest BCUT2D eigenvalue weighted by Crippen LogP contribution is -2.44. The number of piperidine rings is 1. The lowest BCUT2D eigenvalue weighted by atomic mass is 9.88. The molecule has 0 aliphatic carbocycles. The molecule has 0 saturated carbocycles. The Hall–Kier alpha value is -4.21. The average molecular weight is 532 g/mol. The first kappa shape index (κ1) is 27.4. The number of carbonyl (C=O) groups excluding carboxylic acids is 1. The molecule has 0 bridgehead atoms. The van der Waals surface area contributed by atoms with Crippen molar-refractivity contribution < 1.29 is 4.79 Å². The van der Waals surface area contributed by atoms with Gasteiger partial charge in [-0.3, -0.25) is 4.79 Å². The number of hydrogen-bond donors (Lipinski definition) is 1. The Morgan fingerprint density at radius 3 is 2.65 bits per heavy atom. The van der Waals surface area contributed by atoms with Gasteiger partial charge in [-0.15, -0.1) is 0 Å². The number of nitriles is 1. The highest BCUT2D eigenvalue weighted by molar-refractivity contribution is 5.79. The molecular formula is C34H37N5O. The molecule has 4 aromatic rings. The van der Waals surface area contributed by atoms with Gasteiger partial charge in [-0.25, -0.2) is 4.98 Å². The number of hydrogen-bond acceptors (Lipinski definition) is 4. The molecule has 5 rings (SSSR count). The number of rotatable bonds is 10. The van der Waals surface area contributed by atoms with Crippen LogP contribution in [0.1, 0.15) is 52.3 Å². The van der Waals surface area contributed by atoms with Crippen molar-refractivity contribution in [3.8, 4) is 6.07 Å². The third-order valence-electron chi connectivity index (χ3n) is 7.88. The van der Waals surface area contributed by atoms with E-state index in [2.05, 4.69) is 87.4 Å². The first-order valence-electron chi connectivity index (χ1n) is 14.2. The van der Waals surface area contributed by atoms with Gasteiger partial charge in [0.25, 0.3) is 0 Å². The summed E-state index contributed by atoms with van der Waals surface area (Å²) >= 11 is 0. The molecule has 1 N–H and O–H groups in total. The molecule has 1 amide bonds. The van der Waals surface area contributed by atoms with Crippen LogP contribution in [-0.4, -0.2) is 46.5 Å². The molecule has 1 aromatic heterocycles. The Morgan fingerprint density at radius 1 is 1.07 bits per heavy atom. The van der Waals surface area contributed by atoms with E-state index in [1.807, 2.05) is 36.8 Å². The van der Waals surface area contributed by atoms with Gasteiger partial charge in [0.15, 0.2) is 0 Å². The zero-order valence-corrected chi connectivity index (χ0v) is 23.2. The number of imidazole rings is 1. The normalized spacial score (nSPS) is 16.2. The molecule has 1 aliphatic rings. The number of aromatic nitrogens is 2. The van der Waals surface area contributed by atoms with Crippen LogP contribution in [0.25, 0.3) is 0 Å². The summed E-state index contributed by atoms with van der Waals surface area (Å²) in [6, 6.07) is 29.3. The highest BCUT2D eigenvalue weighted by Gasteiger charge is 2.28. The summed E-state index contributed by atoms with van der Waals surface area (Å²) in [7, 11) is 0. The van der Waals surface area contributed by atoms with Gasteiger partial charge in [-0.1, -0.05) is 72.3 Å². The molecule has 1 fully saturated rings. The van der Waals surface area contributed by atoms with Crippen molar-refractivity contribution in [3.63, 3.8) is 0 Å². The van der Waals surface area contributed by atoms with E-state index in [1.165, 1.54) is 16.7 Å². The van der Waals surface area contributed by atoms with Gasteiger partial charge in [0.05, 0.1) is 23.9 Å². The van der Waals surface area contributed by atoms with Crippen LogP contribution >= 0.6 is 0 Å². The number of aryl methyl sites for hydroxylation is 1. The Balaban J connectivity index is 1.16. The lowest BCUT2D eigenvalue weighted by molar-refractivity contribution is -0.126. The monoisotopic (exact) mass is 531 g/mol. The fourth-order valence-corrected chi connectivity index (χ4v) is 5.71. The van der Waals surface area contributed by atoms with Crippen LogP contribution in [0.5, 0.6) is 0 Å². The van der Waals surface area contributed by atoms with Crippen LogP contribution in [0.3, 0.4) is 0 Å². The van der Waals surface area contributed by atoms with Gasteiger partial charge in [0.2, 0.25) is 5.91 Å². The molecule has 0 spiro atoms. The summed E-state index contributed by atoms with van der Waals surface area (Å²) in [5, 5.41) is 12.2. The summed E-state index contributed by atoms with van der Waals surface area (Å²) < 4.78 is 2.10.